The molecule has 0 amide bonds. The molecule has 0 heterocycles. The number of hydrogen-bond donors (Lipinski definition) is 0. The van der Waals surface area contributed by atoms with E-state index in [1.54, 1.807) is 60.7 Å². The van der Waals surface area contributed by atoms with Crippen LogP contribution in [-0.2, 0) is 0 Å². The molecular formula is C22H26F6P+. The number of alkyl halides is 6. The van der Waals surface area contributed by atoms with Gasteiger partial charge in [0.2, 0.25) is 6.17 Å². The molecule has 1 atom stereocenters. The lowest BCUT2D eigenvalue weighted by Crippen LogP contribution is -2.42. The fourth-order valence-electron chi connectivity index (χ4n) is 3.40. The highest BCUT2D eigenvalue weighted by atomic mass is 31.2. The van der Waals surface area contributed by atoms with E-state index >= 15 is 8.78 Å². The van der Waals surface area contributed by atoms with Crippen LogP contribution >= 0.6 is 7.26 Å². The van der Waals surface area contributed by atoms with E-state index in [4.69, 9.17) is 0 Å². The minimum absolute atomic E-state index is 0.0599. The van der Waals surface area contributed by atoms with Gasteiger partial charge in [-0.05, 0) is 37.1 Å². The van der Waals surface area contributed by atoms with Crippen molar-refractivity contribution in [3.8, 4) is 0 Å². The second-order valence-electron chi connectivity index (χ2n) is 7.30. The van der Waals surface area contributed by atoms with Crippen molar-refractivity contribution in [2.24, 2.45) is 0 Å². The van der Waals surface area contributed by atoms with Crippen LogP contribution in [-0.4, -0.2) is 24.7 Å². The van der Waals surface area contributed by atoms with Crippen LogP contribution in [0.1, 0.15) is 38.5 Å². The summed E-state index contributed by atoms with van der Waals surface area (Å²) in [6.07, 6.45) is -7.20. The Labute approximate surface area is 168 Å². The molecule has 0 N–H and O–H groups in total. The van der Waals surface area contributed by atoms with Crippen LogP contribution in [0.25, 0.3) is 0 Å². The van der Waals surface area contributed by atoms with Gasteiger partial charge in [-0.1, -0.05) is 55.7 Å². The van der Waals surface area contributed by atoms with E-state index in [0.29, 0.717) is 17.0 Å². The normalized spacial score (nSPS) is 14.0. The van der Waals surface area contributed by atoms with Crippen molar-refractivity contribution in [3.05, 3.63) is 60.7 Å². The summed E-state index contributed by atoms with van der Waals surface area (Å²) in [5.74, 6) is 0. The van der Waals surface area contributed by atoms with Gasteiger partial charge in [0.05, 0.1) is 6.66 Å². The van der Waals surface area contributed by atoms with Crippen molar-refractivity contribution < 1.29 is 26.3 Å². The Bertz CT molecular complexity index is 690. The fourth-order valence-corrected chi connectivity index (χ4v) is 6.61. The predicted molar refractivity (Wildman–Crippen MR) is 109 cm³/mol. The molecule has 0 fully saturated rings. The number of rotatable bonds is 10. The maximum absolute atomic E-state index is 15.5. The molecule has 160 valence electrons. The van der Waals surface area contributed by atoms with Crippen molar-refractivity contribution in [1.29, 1.82) is 0 Å². The van der Waals surface area contributed by atoms with Crippen molar-refractivity contribution in [1.82, 2.24) is 0 Å². The first-order valence-corrected chi connectivity index (χ1v) is 11.9. The van der Waals surface area contributed by atoms with Gasteiger partial charge in [-0.2, -0.15) is 22.0 Å². The van der Waals surface area contributed by atoms with Gasteiger partial charge in [-0.25, -0.2) is 4.39 Å². The molecule has 0 nitrogen and oxygen atoms in total. The van der Waals surface area contributed by atoms with Crippen molar-refractivity contribution in [3.63, 3.8) is 0 Å². The van der Waals surface area contributed by atoms with Gasteiger partial charge >= 0.3 is 11.8 Å². The molecule has 0 aliphatic rings. The van der Waals surface area contributed by atoms with E-state index in [1.807, 2.05) is 0 Å². The van der Waals surface area contributed by atoms with E-state index in [-0.39, 0.29) is 25.7 Å². The van der Waals surface area contributed by atoms with Gasteiger partial charge in [0.15, 0.2) is 7.26 Å². The molecule has 2 aromatic carbocycles. The van der Waals surface area contributed by atoms with Crippen LogP contribution in [0.2, 0.25) is 0 Å². The summed E-state index contributed by atoms with van der Waals surface area (Å²) >= 11 is 0. The van der Waals surface area contributed by atoms with Gasteiger partial charge in [0.25, 0.3) is 0 Å². The van der Waals surface area contributed by atoms with Gasteiger partial charge in [-0.3, -0.25) is 0 Å². The SMILES string of the molecule is C[P+](c1ccccc1)(c1ccccc1)C(F)(F)C(F)CCCCCCC(F)(F)F. The minimum Gasteiger partial charge on any atom is -0.236 e. The highest BCUT2D eigenvalue weighted by molar-refractivity contribution is 7.89. The maximum Gasteiger partial charge on any atom is 0.392 e. The third-order valence-electron chi connectivity index (χ3n) is 5.19. The second-order valence-corrected chi connectivity index (χ2v) is 10.9. The maximum atomic E-state index is 15.5. The Morgan fingerprint density at radius 2 is 1.17 bits per heavy atom. The number of benzene rings is 2. The van der Waals surface area contributed by atoms with Crippen LogP contribution in [0.5, 0.6) is 0 Å². The zero-order valence-electron chi connectivity index (χ0n) is 16.3. The second kappa shape index (κ2) is 9.97. The Kier molecular flexibility index (Phi) is 8.16. The highest BCUT2D eigenvalue weighted by Crippen LogP contribution is 2.67. The highest BCUT2D eigenvalue weighted by Gasteiger charge is 2.65. The molecule has 2 aromatic rings. The Hall–Kier alpha value is -1.55. The van der Waals surface area contributed by atoms with Crippen LogP contribution in [0.15, 0.2) is 60.7 Å². The quantitative estimate of drug-likeness (QED) is 0.212. The van der Waals surface area contributed by atoms with Crippen LogP contribution in [0, 0.1) is 0 Å². The molecule has 0 aliphatic heterocycles. The smallest absolute Gasteiger partial charge is 0.236 e. The third kappa shape index (κ3) is 5.97. The lowest BCUT2D eigenvalue weighted by Gasteiger charge is -2.32. The van der Waals surface area contributed by atoms with Crippen molar-refractivity contribution in [2.45, 2.75) is 56.5 Å². The minimum atomic E-state index is -4.21. The summed E-state index contributed by atoms with van der Waals surface area (Å²) < 4.78 is 82.3. The Balaban J connectivity index is 2.11. The molecule has 0 saturated heterocycles. The van der Waals surface area contributed by atoms with E-state index < -0.39 is 31.7 Å². The molecule has 0 aromatic heterocycles. The van der Waals surface area contributed by atoms with Gasteiger partial charge in [0.1, 0.15) is 10.6 Å². The zero-order chi connectivity index (χ0) is 21.5. The number of halogens is 6. The first-order chi connectivity index (χ1) is 13.6. The first kappa shape index (κ1) is 23.7. The van der Waals surface area contributed by atoms with Crippen LogP contribution in [0.4, 0.5) is 26.3 Å². The standard InChI is InChI=1S/C22H26F6P/c1-29(18-12-6-4-7-13-18,19-14-8-5-9-15-19)22(27,28)20(23)16-10-2-3-11-17-21(24,25)26/h4-9,12-15,20H,2-3,10-11,16-17H2,1H3/q+1. The summed E-state index contributed by atoms with van der Waals surface area (Å²) in [6.45, 7) is 1.45. The van der Waals surface area contributed by atoms with Crippen molar-refractivity contribution >= 4 is 17.9 Å². The average molecular weight is 435 g/mol. The van der Waals surface area contributed by atoms with Gasteiger partial charge < -0.3 is 0 Å². The molecule has 29 heavy (non-hydrogen) atoms. The van der Waals surface area contributed by atoms with Crippen LogP contribution in [0.3, 0.4) is 0 Å². The number of hydrogen-bond acceptors (Lipinski definition) is 0. The largest absolute Gasteiger partial charge is 0.392 e. The molecule has 0 spiro atoms. The first-order valence-electron chi connectivity index (χ1n) is 9.65. The van der Waals surface area contributed by atoms with E-state index in [2.05, 4.69) is 0 Å². The van der Waals surface area contributed by atoms with Gasteiger partial charge in [0, 0.05) is 6.42 Å². The van der Waals surface area contributed by atoms with E-state index in [1.165, 1.54) is 6.66 Å². The summed E-state index contributed by atoms with van der Waals surface area (Å²) in [4.78, 5) is 0. The summed E-state index contributed by atoms with van der Waals surface area (Å²) in [5.41, 5.74) is -3.58. The predicted octanol–water partition coefficient (Wildman–Crippen LogP) is 7.12. The molecule has 0 saturated carbocycles. The lowest BCUT2D eigenvalue weighted by atomic mass is 10.1. The van der Waals surface area contributed by atoms with Gasteiger partial charge in [-0.15, -0.1) is 0 Å². The molecule has 0 aliphatic carbocycles. The fraction of sp³-hybridized carbons (Fsp3) is 0.455. The molecule has 1 unspecified atom stereocenters. The monoisotopic (exact) mass is 435 g/mol. The molecule has 0 bridgehead atoms. The third-order valence-corrected chi connectivity index (χ3v) is 9.32. The van der Waals surface area contributed by atoms with E-state index in [0.717, 1.165) is 0 Å². The Morgan fingerprint density at radius 3 is 1.62 bits per heavy atom. The average Bonchev–Trinajstić information content (AvgIpc) is 2.70. The van der Waals surface area contributed by atoms with E-state index in [9.17, 15) is 17.6 Å². The molecule has 0 radical (unpaired) electrons. The summed E-state index contributed by atoms with van der Waals surface area (Å²) in [5, 5.41) is 0.841. The summed E-state index contributed by atoms with van der Waals surface area (Å²) in [7, 11) is -3.37. The lowest BCUT2D eigenvalue weighted by molar-refractivity contribution is -0.135. The number of unbranched alkanes of at least 4 members (excludes halogenated alkanes) is 3. The van der Waals surface area contributed by atoms with Crippen LogP contribution < -0.4 is 10.6 Å². The molecule has 7 heteroatoms. The molecular weight excluding hydrogens is 409 g/mol. The summed E-state index contributed by atoms with van der Waals surface area (Å²) in [6, 6.07) is 16.6. The Morgan fingerprint density at radius 1 is 0.724 bits per heavy atom. The topological polar surface area (TPSA) is 0 Å². The molecule has 2 rings (SSSR count). The van der Waals surface area contributed by atoms with Crippen molar-refractivity contribution in [2.75, 3.05) is 6.66 Å². The zero-order valence-corrected chi connectivity index (χ0v) is 17.2.